The van der Waals surface area contributed by atoms with Crippen molar-refractivity contribution >= 4 is 0 Å². The lowest BCUT2D eigenvalue weighted by atomic mass is 9.91. The van der Waals surface area contributed by atoms with E-state index < -0.39 is 5.92 Å². The highest BCUT2D eigenvalue weighted by Crippen LogP contribution is 2.36. The summed E-state index contributed by atoms with van der Waals surface area (Å²) in [6.07, 6.45) is 3.23. The maximum Gasteiger partial charge on any atom is 0.287 e. The number of rotatable bonds is 3. The summed E-state index contributed by atoms with van der Waals surface area (Å²) >= 11 is 0. The van der Waals surface area contributed by atoms with Gasteiger partial charge in [0.05, 0.1) is 5.69 Å². The molecule has 0 aliphatic carbocycles. The molecule has 1 aromatic heterocycles. The molecule has 0 aromatic carbocycles. The van der Waals surface area contributed by atoms with Crippen molar-refractivity contribution in [1.29, 1.82) is 0 Å². The number of hydrogen-bond donors (Lipinski definition) is 2. The Bertz CT molecular complexity index is 290. The van der Waals surface area contributed by atoms with Crippen molar-refractivity contribution in [1.82, 2.24) is 10.3 Å². The molecule has 0 bridgehead atoms. The molecule has 2 N–H and O–H groups in total. The number of aromatic nitrogens is 1. The Hall–Kier alpha value is -0.900. The third kappa shape index (κ3) is 2.56. The van der Waals surface area contributed by atoms with Gasteiger partial charge in [-0.3, -0.25) is 0 Å². The zero-order valence-electron chi connectivity index (χ0n) is 8.60. The van der Waals surface area contributed by atoms with Crippen LogP contribution in [-0.2, 0) is 5.92 Å². The molecule has 1 aliphatic heterocycles. The van der Waals surface area contributed by atoms with Crippen LogP contribution in [0.25, 0.3) is 0 Å². The molecule has 2 heterocycles. The average molecular weight is 214 g/mol. The summed E-state index contributed by atoms with van der Waals surface area (Å²) in [5.74, 6) is -2.56. The molecule has 1 fully saturated rings. The number of alkyl halides is 2. The van der Waals surface area contributed by atoms with Crippen molar-refractivity contribution in [2.75, 3.05) is 13.1 Å². The van der Waals surface area contributed by atoms with Crippen LogP contribution in [-0.4, -0.2) is 18.1 Å². The molecule has 0 radical (unpaired) electrons. The van der Waals surface area contributed by atoms with Crippen molar-refractivity contribution in [3.05, 3.63) is 24.0 Å². The summed E-state index contributed by atoms with van der Waals surface area (Å²) in [5, 5.41) is 3.18. The molecule has 0 amide bonds. The van der Waals surface area contributed by atoms with Crippen molar-refractivity contribution in [2.24, 2.45) is 5.92 Å². The molecule has 0 unspecified atom stereocenters. The first-order valence-electron chi connectivity index (χ1n) is 5.41. The molecule has 1 aliphatic rings. The van der Waals surface area contributed by atoms with E-state index in [2.05, 4.69) is 10.3 Å². The molecule has 84 valence electrons. The zero-order chi connectivity index (χ0) is 10.7. The van der Waals surface area contributed by atoms with Crippen LogP contribution in [0, 0.1) is 5.92 Å². The monoisotopic (exact) mass is 214 g/mol. The molecule has 1 aromatic rings. The van der Waals surface area contributed by atoms with Crippen LogP contribution >= 0.6 is 0 Å². The molecule has 2 nitrogen and oxygen atoms in total. The van der Waals surface area contributed by atoms with Gasteiger partial charge in [-0.2, -0.15) is 8.78 Å². The van der Waals surface area contributed by atoms with Gasteiger partial charge in [-0.05, 0) is 44.0 Å². The Morgan fingerprint density at radius 1 is 1.33 bits per heavy atom. The van der Waals surface area contributed by atoms with E-state index in [-0.39, 0.29) is 18.0 Å². The second kappa shape index (κ2) is 4.31. The molecule has 1 saturated heterocycles. The smallest absolute Gasteiger partial charge is 0.287 e. The summed E-state index contributed by atoms with van der Waals surface area (Å²) < 4.78 is 27.4. The third-order valence-electron chi connectivity index (χ3n) is 3.00. The summed E-state index contributed by atoms with van der Waals surface area (Å²) in [6.45, 7) is 1.73. The van der Waals surface area contributed by atoms with Crippen LogP contribution in [0.1, 0.15) is 25.0 Å². The molecule has 15 heavy (non-hydrogen) atoms. The first-order chi connectivity index (χ1) is 7.18. The summed E-state index contributed by atoms with van der Waals surface area (Å²) in [4.78, 5) is 2.60. The molecule has 2 rings (SSSR count). The first-order valence-corrected chi connectivity index (χ1v) is 5.41. The standard InChI is InChI=1S/C11H16F2N2/c12-11(13,10-2-1-5-15-10)8-9-3-6-14-7-4-9/h1-2,5,9,14-15H,3-4,6-8H2. The van der Waals surface area contributed by atoms with E-state index in [1.54, 1.807) is 12.3 Å². The number of H-pyrrole nitrogens is 1. The number of halogens is 2. The van der Waals surface area contributed by atoms with E-state index in [4.69, 9.17) is 0 Å². The Morgan fingerprint density at radius 2 is 2.07 bits per heavy atom. The second-order valence-electron chi connectivity index (χ2n) is 4.19. The van der Waals surface area contributed by atoms with Crippen molar-refractivity contribution in [3.63, 3.8) is 0 Å². The Labute approximate surface area is 88.1 Å². The van der Waals surface area contributed by atoms with Gasteiger partial charge in [0.25, 0.3) is 5.92 Å². The van der Waals surface area contributed by atoms with Gasteiger partial charge in [0, 0.05) is 12.6 Å². The molecule has 0 atom stereocenters. The molecule has 0 saturated carbocycles. The lowest BCUT2D eigenvalue weighted by Gasteiger charge is -2.26. The minimum atomic E-state index is -2.70. The van der Waals surface area contributed by atoms with E-state index in [0.29, 0.717) is 0 Å². The number of hydrogen-bond acceptors (Lipinski definition) is 1. The van der Waals surface area contributed by atoms with E-state index in [1.807, 2.05) is 0 Å². The van der Waals surface area contributed by atoms with Gasteiger partial charge in [0.1, 0.15) is 0 Å². The minimum Gasteiger partial charge on any atom is -0.360 e. The fourth-order valence-electron chi connectivity index (χ4n) is 2.12. The van der Waals surface area contributed by atoms with Gasteiger partial charge in [-0.25, -0.2) is 0 Å². The first kappa shape index (κ1) is 10.6. The highest BCUT2D eigenvalue weighted by Gasteiger charge is 2.35. The number of piperidine rings is 1. The highest BCUT2D eigenvalue weighted by atomic mass is 19.3. The minimum absolute atomic E-state index is 0.0325. The predicted octanol–water partition coefficient (Wildman–Crippen LogP) is 2.50. The van der Waals surface area contributed by atoms with Crippen LogP contribution < -0.4 is 5.32 Å². The lowest BCUT2D eigenvalue weighted by molar-refractivity contribution is -0.0362. The van der Waals surface area contributed by atoms with Crippen LogP contribution in [0.2, 0.25) is 0 Å². The Balaban J connectivity index is 1.97. The Kier molecular flexibility index (Phi) is 3.05. The third-order valence-corrected chi connectivity index (χ3v) is 3.00. The lowest BCUT2D eigenvalue weighted by Crippen LogP contribution is -2.31. The van der Waals surface area contributed by atoms with Gasteiger partial charge in [-0.15, -0.1) is 0 Å². The van der Waals surface area contributed by atoms with Crippen LogP contribution in [0.15, 0.2) is 18.3 Å². The quantitative estimate of drug-likeness (QED) is 0.795. The van der Waals surface area contributed by atoms with Crippen LogP contribution in [0.5, 0.6) is 0 Å². The zero-order valence-corrected chi connectivity index (χ0v) is 8.60. The number of nitrogens with one attached hydrogen (secondary N) is 2. The summed E-state index contributed by atoms with van der Waals surface area (Å²) in [7, 11) is 0. The van der Waals surface area contributed by atoms with Crippen LogP contribution in [0.3, 0.4) is 0 Å². The maximum atomic E-state index is 13.7. The molecule has 4 heteroatoms. The molecular formula is C11H16F2N2. The molecular weight excluding hydrogens is 198 g/mol. The van der Waals surface area contributed by atoms with Gasteiger partial charge in [-0.1, -0.05) is 0 Å². The van der Waals surface area contributed by atoms with Gasteiger partial charge in [0.2, 0.25) is 0 Å². The van der Waals surface area contributed by atoms with E-state index in [9.17, 15) is 8.78 Å². The largest absolute Gasteiger partial charge is 0.360 e. The van der Waals surface area contributed by atoms with E-state index in [0.717, 1.165) is 25.9 Å². The van der Waals surface area contributed by atoms with Crippen molar-refractivity contribution in [2.45, 2.75) is 25.2 Å². The normalized spacial score (nSPS) is 19.3. The summed E-state index contributed by atoms with van der Waals surface area (Å²) in [6, 6.07) is 3.08. The van der Waals surface area contributed by atoms with E-state index in [1.165, 1.54) is 6.07 Å². The number of aromatic amines is 1. The van der Waals surface area contributed by atoms with Crippen molar-refractivity contribution < 1.29 is 8.78 Å². The molecule has 0 spiro atoms. The predicted molar refractivity (Wildman–Crippen MR) is 54.9 cm³/mol. The SMILES string of the molecule is FC(F)(CC1CCNCC1)c1ccc[nH]1. The average Bonchev–Trinajstić information content (AvgIpc) is 2.71. The topological polar surface area (TPSA) is 27.8 Å². The van der Waals surface area contributed by atoms with Gasteiger partial charge < -0.3 is 10.3 Å². The summed E-state index contributed by atoms with van der Waals surface area (Å²) in [5.41, 5.74) is 0.0426. The van der Waals surface area contributed by atoms with Crippen LogP contribution in [0.4, 0.5) is 8.78 Å². The Morgan fingerprint density at radius 3 is 2.67 bits per heavy atom. The fraction of sp³-hybridized carbons (Fsp3) is 0.636. The highest BCUT2D eigenvalue weighted by molar-refractivity contribution is 5.10. The van der Waals surface area contributed by atoms with Crippen molar-refractivity contribution in [3.8, 4) is 0 Å². The van der Waals surface area contributed by atoms with Gasteiger partial charge >= 0.3 is 0 Å². The fourth-order valence-corrected chi connectivity index (χ4v) is 2.12. The maximum absolute atomic E-state index is 13.7. The van der Waals surface area contributed by atoms with Gasteiger partial charge in [0.15, 0.2) is 0 Å². The van der Waals surface area contributed by atoms with E-state index >= 15 is 0 Å². The second-order valence-corrected chi connectivity index (χ2v) is 4.19.